The molecule has 2 aliphatic heterocycles. The van der Waals surface area contributed by atoms with E-state index in [1.54, 1.807) is 0 Å². The second-order valence-corrected chi connectivity index (χ2v) is 7.25. The number of nitrogens with one attached hydrogen (secondary N) is 2. The Morgan fingerprint density at radius 2 is 2.19 bits per heavy atom. The van der Waals surface area contributed by atoms with E-state index in [1.807, 2.05) is 0 Å². The summed E-state index contributed by atoms with van der Waals surface area (Å²) in [5.74, 6) is 2.52. The molecule has 118 valence electrons. The van der Waals surface area contributed by atoms with Crippen LogP contribution in [-0.4, -0.2) is 65.0 Å². The van der Waals surface area contributed by atoms with Gasteiger partial charge in [-0.3, -0.25) is 10.00 Å². The lowest BCUT2D eigenvalue weighted by Crippen LogP contribution is -2.58. The van der Waals surface area contributed by atoms with Crippen molar-refractivity contribution in [3.05, 3.63) is 17.0 Å². The van der Waals surface area contributed by atoms with Gasteiger partial charge in [-0.1, -0.05) is 0 Å². The predicted molar refractivity (Wildman–Crippen MR) is 86.8 cm³/mol. The molecule has 2 saturated heterocycles. The van der Waals surface area contributed by atoms with Gasteiger partial charge in [0.2, 0.25) is 0 Å². The van der Waals surface area contributed by atoms with E-state index in [4.69, 9.17) is 4.74 Å². The van der Waals surface area contributed by atoms with Gasteiger partial charge < -0.3 is 10.1 Å². The Bertz CT molecular complexity index is 445. The number of aromatic amines is 1. The molecule has 2 N–H and O–H groups in total. The maximum Gasteiger partial charge on any atom is 0.0638 e. The fraction of sp³-hybridized carbons (Fsp3) is 0.800. The first-order valence-electron chi connectivity index (χ1n) is 7.83. The van der Waals surface area contributed by atoms with Crippen LogP contribution in [-0.2, 0) is 11.3 Å². The first-order chi connectivity index (χ1) is 10.2. The fourth-order valence-electron chi connectivity index (χ4n) is 3.39. The molecule has 1 aromatic rings. The van der Waals surface area contributed by atoms with E-state index in [9.17, 15) is 0 Å². The smallest absolute Gasteiger partial charge is 0.0638 e. The highest BCUT2D eigenvalue weighted by molar-refractivity contribution is 7.99. The zero-order chi connectivity index (χ0) is 14.7. The average Bonchev–Trinajstić information content (AvgIpc) is 3.11. The molecule has 2 fully saturated rings. The molecule has 6 heteroatoms. The van der Waals surface area contributed by atoms with Gasteiger partial charge in [0.15, 0.2) is 0 Å². The third-order valence-corrected chi connectivity index (χ3v) is 6.04. The van der Waals surface area contributed by atoms with E-state index >= 15 is 0 Å². The van der Waals surface area contributed by atoms with Gasteiger partial charge in [-0.05, 0) is 26.0 Å². The van der Waals surface area contributed by atoms with E-state index in [2.05, 4.69) is 46.0 Å². The van der Waals surface area contributed by atoms with Crippen LogP contribution >= 0.6 is 11.8 Å². The Balaban J connectivity index is 1.60. The van der Waals surface area contributed by atoms with Gasteiger partial charge in [0.1, 0.15) is 0 Å². The van der Waals surface area contributed by atoms with Crippen LogP contribution in [0.25, 0.3) is 0 Å². The van der Waals surface area contributed by atoms with Crippen molar-refractivity contribution in [2.75, 3.05) is 44.4 Å². The summed E-state index contributed by atoms with van der Waals surface area (Å²) in [7, 11) is 0. The van der Waals surface area contributed by atoms with E-state index in [0.717, 1.165) is 45.1 Å². The lowest BCUT2D eigenvalue weighted by Gasteiger charge is -2.43. The second-order valence-electron chi connectivity index (χ2n) is 6.14. The lowest BCUT2D eigenvalue weighted by molar-refractivity contribution is -0.0134. The van der Waals surface area contributed by atoms with E-state index in [-0.39, 0.29) is 0 Å². The molecule has 0 aliphatic carbocycles. The molecule has 0 radical (unpaired) electrons. The van der Waals surface area contributed by atoms with E-state index in [1.165, 1.54) is 29.2 Å². The van der Waals surface area contributed by atoms with Crippen molar-refractivity contribution in [1.82, 2.24) is 20.4 Å². The third-order valence-electron chi connectivity index (χ3n) is 4.80. The van der Waals surface area contributed by atoms with Crippen LogP contribution in [0.3, 0.4) is 0 Å². The summed E-state index contributed by atoms with van der Waals surface area (Å²) in [4.78, 5) is 2.65. The summed E-state index contributed by atoms with van der Waals surface area (Å²) in [6.07, 6.45) is 1.29. The van der Waals surface area contributed by atoms with Crippen LogP contribution in [0.15, 0.2) is 0 Å². The highest BCUT2D eigenvalue weighted by atomic mass is 32.2. The first-order valence-corrected chi connectivity index (χ1v) is 8.98. The number of rotatable bonds is 5. The number of hydrogen-bond donors (Lipinski definition) is 2. The minimum Gasteiger partial charge on any atom is -0.379 e. The molecular formula is C15H26N4OS. The Morgan fingerprint density at radius 3 is 2.81 bits per heavy atom. The quantitative estimate of drug-likeness (QED) is 0.859. The molecule has 0 unspecified atom stereocenters. The van der Waals surface area contributed by atoms with Crippen molar-refractivity contribution < 1.29 is 4.74 Å². The van der Waals surface area contributed by atoms with Gasteiger partial charge >= 0.3 is 0 Å². The summed E-state index contributed by atoms with van der Waals surface area (Å²) < 4.78 is 5.52. The minimum absolute atomic E-state index is 0.319. The van der Waals surface area contributed by atoms with Crippen LogP contribution in [0.1, 0.15) is 23.4 Å². The monoisotopic (exact) mass is 310 g/mol. The van der Waals surface area contributed by atoms with Crippen molar-refractivity contribution in [2.45, 2.75) is 32.4 Å². The van der Waals surface area contributed by atoms with Crippen LogP contribution in [0.2, 0.25) is 0 Å². The zero-order valence-electron chi connectivity index (χ0n) is 13.1. The Morgan fingerprint density at radius 1 is 1.38 bits per heavy atom. The molecule has 21 heavy (non-hydrogen) atoms. The van der Waals surface area contributed by atoms with Gasteiger partial charge in [-0.25, -0.2) is 0 Å². The van der Waals surface area contributed by atoms with Crippen LogP contribution < -0.4 is 5.32 Å². The molecule has 1 atom stereocenters. The van der Waals surface area contributed by atoms with E-state index in [0.29, 0.717) is 5.54 Å². The lowest BCUT2D eigenvalue weighted by atomic mass is 9.95. The molecule has 0 bridgehead atoms. The summed E-state index contributed by atoms with van der Waals surface area (Å²) in [6.45, 7) is 10.1. The molecule has 0 aromatic carbocycles. The first kappa shape index (κ1) is 15.3. The Labute approximate surface area is 131 Å². The van der Waals surface area contributed by atoms with Crippen molar-refractivity contribution in [3.8, 4) is 0 Å². The van der Waals surface area contributed by atoms with Crippen LogP contribution in [0.5, 0.6) is 0 Å². The van der Waals surface area contributed by atoms with Crippen molar-refractivity contribution in [3.63, 3.8) is 0 Å². The molecule has 2 aliphatic rings. The summed E-state index contributed by atoms with van der Waals surface area (Å²) in [5, 5.41) is 11.0. The fourth-order valence-corrected chi connectivity index (χ4v) is 4.87. The van der Waals surface area contributed by atoms with Gasteiger partial charge in [-0.2, -0.15) is 16.9 Å². The third kappa shape index (κ3) is 3.28. The second kappa shape index (κ2) is 6.69. The average molecular weight is 310 g/mol. The largest absolute Gasteiger partial charge is 0.379 e. The summed E-state index contributed by atoms with van der Waals surface area (Å²) >= 11 is 2.09. The van der Waals surface area contributed by atoms with Crippen molar-refractivity contribution in [2.24, 2.45) is 0 Å². The number of ether oxygens (including phenoxy) is 1. The van der Waals surface area contributed by atoms with Gasteiger partial charge in [0.05, 0.1) is 18.9 Å². The number of nitrogens with zero attached hydrogens (tertiary/aromatic N) is 2. The molecule has 5 nitrogen and oxygen atoms in total. The number of aromatic nitrogens is 2. The molecule has 0 spiro atoms. The minimum atomic E-state index is 0.319. The molecule has 0 amide bonds. The van der Waals surface area contributed by atoms with Gasteiger partial charge in [0, 0.05) is 48.7 Å². The summed E-state index contributed by atoms with van der Waals surface area (Å²) in [6, 6.07) is 0. The SMILES string of the molecule is Cc1n[nH]c(C)c1CNC[C@]1(N2CCOCC2)CCSC1. The molecule has 1 aromatic heterocycles. The maximum absolute atomic E-state index is 5.52. The Kier molecular flexibility index (Phi) is 4.88. The van der Waals surface area contributed by atoms with Gasteiger partial charge in [0.25, 0.3) is 0 Å². The van der Waals surface area contributed by atoms with Crippen molar-refractivity contribution in [1.29, 1.82) is 0 Å². The van der Waals surface area contributed by atoms with Crippen LogP contribution in [0.4, 0.5) is 0 Å². The maximum atomic E-state index is 5.52. The number of thioether (sulfide) groups is 1. The highest BCUT2D eigenvalue weighted by Gasteiger charge is 2.40. The predicted octanol–water partition coefficient (Wildman–Crippen LogP) is 1.32. The summed E-state index contributed by atoms with van der Waals surface area (Å²) in [5.41, 5.74) is 3.93. The molecule has 3 rings (SSSR count). The Hall–Kier alpha value is -0.560. The highest BCUT2D eigenvalue weighted by Crippen LogP contribution is 2.33. The zero-order valence-corrected chi connectivity index (χ0v) is 13.9. The van der Waals surface area contributed by atoms with Crippen LogP contribution in [0, 0.1) is 13.8 Å². The normalized spacial score (nSPS) is 27.3. The number of hydrogen-bond acceptors (Lipinski definition) is 5. The number of aryl methyl sites for hydroxylation is 2. The topological polar surface area (TPSA) is 53.2 Å². The molecular weight excluding hydrogens is 284 g/mol. The number of H-pyrrole nitrogens is 1. The molecule has 0 saturated carbocycles. The van der Waals surface area contributed by atoms with Gasteiger partial charge in [-0.15, -0.1) is 0 Å². The molecule has 3 heterocycles. The number of morpholine rings is 1. The standard InChI is InChI=1S/C15H26N4OS/c1-12-14(13(2)18-17-12)9-16-10-15(3-8-21-11-15)19-4-6-20-7-5-19/h16H,3-11H2,1-2H3,(H,17,18)/t15-/m1/s1. The van der Waals surface area contributed by atoms with Crippen molar-refractivity contribution >= 4 is 11.8 Å². The van der Waals surface area contributed by atoms with E-state index < -0.39 is 0 Å².